The third-order valence-corrected chi connectivity index (χ3v) is 7.68. The highest BCUT2D eigenvalue weighted by atomic mass is 16.4. The Morgan fingerprint density at radius 1 is 1.18 bits per heavy atom. The lowest BCUT2D eigenvalue weighted by atomic mass is 9.57. The van der Waals surface area contributed by atoms with E-state index in [1.165, 1.54) is 25.1 Å². The second-order valence-corrected chi connectivity index (χ2v) is 9.89. The van der Waals surface area contributed by atoms with Crippen LogP contribution in [0.4, 0.5) is 0 Å². The van der Waals surface area contributed by atoms with E-state index < -0.39 is 58.0 Å². The van der Waals surface area contributed by atoms with Crippen molar-refractivity contribution < 1.29 is 44.4 Å². The molecule has 2 aromatic rings. The third kappa shape index (κ3) is 3.30. The van der Waals surface area contributed by atoms with E-state index >= 15 is 0 Å². The molecule has 0 bridgehead atoms. The molecule has 0 aliphatic heterocycles. The molecule has 7 N–H and O–H groups in total. The van der Waals surface area contributed by atoms with Gasteiger partial charge in [-0.05, 0) is 62.7 Å². The molecule has 1 heterocycles. The van der Waals surface area contributed by atoms with E-state index in [4.69, 9.17) is 15.4 Å². The van der Waals surface area contributed by atoms with Crippen LogP contribution >= 0.6 is 0 Å². The third-order valence-electron chi connectivity index (χ3n) is 7.68. The minimum absolute atomic E-state index is 0.0264. The topological polar surface area (TPSA) is 207 Å². The molecule has 1 saturated carbocycles. The predicted molar refractivity (Wildman–Crippen MR) is 131 cm³/mol. The number of fused-ring (bicyclic) bond motifs is 3. The Morgan fingerprint density at radius 2 is 1.89 bits per heavy atom. The number of amides is 1. The number of aliphatic hydroxyl groups is 3. The van der Waals surface area contributed by atoms with Crippen LogP contribution in [0, 0.1) is 11.8 Å². The van der Waals surface area contributed by atoms with Gasteiger partial charge in [0.2, 0.25) is 5.78 Å². The van der Waals surface area contributed by atoms with Gasteiger partial charge in [-0.25, -0.2) is 0 Å². The van der Waals surface area contributed by atoms with Crippen LogP contribution in [-0.4, -0.2) is 80.0 Å². The first kappa shape index (κ1) is 25.2. The van der Waals surface area contributed by atoms with E-state index in [1.54, 1.807) is 18.2 Å². The number of aromatic hydroxyl groups is 1. The van der Waals surface area contributed by atoms with E-state index in [9.17, 15) is 34.8 Å². The van der Waals surface area contributed by atoms with Crippen molar-refractivity contribution in [2.45, 2.75) is 24.5 Å². The van der Waals surface area contributed by atoms with Crippen molar-refractivity contribution in [1.82, 2.24) is 4.90 Å². The molecule has 12 nitrogen and oxygen atoms in total. The fourth-order valence-corrected chi connectivity index (χ4v) is 6.10. The summed E-state index contributed by atoms with van der Waals surface area (Å²) in [5.41, 5.74) is 2.43. The number of nitrogens with two attached hydrogens (primary N) is 1. The fraction of sp³-hybridized carbons (Fsp3) is 0.308. The molecular formula is C26H25N3O9. The number of Topliss-reactive ketones (excluding diaryl/α,β-unsaturated/α-hetero) is 2. The molecule has 3 aliphatic carbocycles. The highest BCUT2D eigenvalue weighted by Gasteiger charge is 2.64. The van der Waals surface area contributed by atoms with Crippen molar-refractivity contribution >= 4 is 29.4 Å². The highest BCUT2D eigenvalue weighted by molar-refractivity contribution is 6.24. The number of benzene rings is 1. The van der Waals surface area contributed by atoms with Crippen LogP contribution in [0.1, 0.15) is 23.3 Å². The second kappa shape index (κ2) is 8.57. The van der Waals surface area contributed by atoms with Crippen LogP contribution in [0.15, 0.2) is 50.7 Å². The Bertz CT molecular complexity index is 1500. The molecule has 4 atom stereocenters. The van der Waals surface area contributed by atoms with Crippen LogP contribution in [-0.2, 0) is 20.8 Å². The standard InChI is InChI=1S/C26H25N3O9/c1-29(2)20-14-8-10-7-13-12(16-6-3-11(38-16)9-28-37)4-5-15(30)18(13)21(31)17(10)23(33)26(14,36)24(34)19(22(20)32)25(27)35/h3-6,9-10,14,20,30-31,34,36-37H,7-8H2,1-2H3,(H2,27,35)/b28-9+. The predicted octanol–water partition coefficient (Wildman–Crippen LogP) is 1.03. The molecule has 198 valence electrons. The first-order chi connectivity index (χ1) is 17.9. The average Bonchev–Trinajstić information content (AvgIpc) is 3.29. The first-order valence-electron chi connectivity index (χ1n) is 11.7. The van der Waals surface area contributed by atoms with Gasteiger partial charge in [-0.2, -0.15) is 0 Å². The summed E-state index contributed by atoms with van der Waals surface area (Å²) in [6, 6.07) is 4.89. The van der Waals surface area contributed by atoms with Crippen molar-refractivity contribution in [2.24, 2.45) is 22.7 Å². The summed E-state index contributed by atoms with van der Waals surface area (Å²) in [6.07, 6.45) is 1.18. The molecule has 3 aliphatic rings. The van der Waals surface area contributed by atoms with Gasteiger partial charge in [0.15, 0.2) is 11.4 Å². The van der Waals surface area contributed by atoms with E-state index in [0.717, 1.165) is 6.21 Å². The summed E-state index contributed by atoms with van der Waals surface area (Å²) in [5, 5.41) is 56.2. The molecule has 1 aromatic carbocycles. The van der Waals surface area contributed by atoms with Gasteiger partial charge in [-0.1, -0.05) is 5.16 Å². The molecule has 5 rings (SSSR count). The molecule has 0 saturated heterocycles. The number of carbonyl (C=O) groups excluding carboxylic acids is 3. The number of primary amides is 1. The summed E-state index contributed by atoms with van der Waals surface area (Å²) >= 11 is 0. The molecule has 38 heavy (non-hydrogen) atoms. The summed E-state index contributed by atoms with van der Waals surface area (Å²) in [7, 11) is 3.07. The lowest BCUT2D eigenvalue weighted by Crippen LogP contribution is -2.65. The fourth-order valence-electron chi connectivity index (χ4n) is 6.10. The lowest BCUT2D eigenvalue weighted by molar-refractivity contribution is -0.153. The molecular weight excluding hydrogens is 498 g/mol. The minimum Gasteiger partial charge on any atom is -0.508 e. The van der Waals surface area contributed by atoms with Gasteiger partial charge in [0, 0.05) is 17.1 Å². The van der Waals surface area contributed by atoms with E-state index in [2.05, 4.69) is 5.16 Å². The number of hydrogen-bond donors (Lipinski definition) is 6. The Morgan fingerprint density at radius 3 is 2.53 bits per heavy atom. The molecule has 0 spiro atoms. The maximum atomic E-state index is 13.8. The minimum atomic E-state index is -2.70. The number of hydrogen-bond acceptors (Lipinski definition) is 11. The van der Waals surface area contributed by atoms with Crippen LogP contribution in [0.5, 0.6) is 5.75 Å². The summed E-state index contributed by atoms with van der Waals surface area (Å²) in [6.45, 7) is 0. The zero-order valence-electron chi connectivity index (χ0n) is 20.4. The number of oxime groups is 1. The smallest absolute Gasteiger partial charge is 0.255 e. The number of furan rings is 1. The second-order valence-electron chi connectivity index (χ2n) is 9.89. The Balaban J connectivity index is 1.72. The SMILES string of the molecule is CN(C)C1C(=O)C(C(N)=O)=C(O)C2(O)C(=O)C3=C(O)c4c(O)ccc(-c5ccc(/C=N/O)o5)c4CC3CC12. The maximum absolute atomic E-state index is 13.8. The molecule has 0 radical (unpaired) electrons. The van der Waals surface area contributed by atoms with Crippen molar-refractivity contribution in [3.05, 3.63) is 58.1 Å². The Kier molecular flexibility index (Phi) is 5.69. The number of carbonyl (C=O) groups is 3. The normalized spacial score (nSPS) is 27.1. The van der Waals surface area contributed by atoms with Gasteiger partial charge in [-0.3, -0.25) is 19.3 Å². The summed E-state index contributed by atoms with van der Waals surface area (Å²) in [5.74, 6) is -6.54. The monoisotopic (exact) mass is 523 g/mol. The van der Waals surface area contributed by atoms with Crippen LogP contribution in [0.3, 0.4) is 0 Å². The van der Waals surface area contributed by atoms with Gasteiger partial charge in [0.1, 0.15) is 40.6 Å². The zero-order chi connectivity index (χ0) is 27.7. The Hall–Kier alpha value is -4.42. The van der Waals surface area contributed by atoms with E-state index in [0.29, 0.717) is 16.9 Å². The lowest BCUT2D eigenvalue weighted by Gasteiger charge is -2.50. The summed E-state index contributed by atoms with van der Waals surface area (Å²) < 4.78 is 5.69. The van der Waals surface area contributed by atoms with Crippen molar-refractivity contribution in [3.63, 3.8) is 0 Å². The summed E-state index contributed by atoms with van der Waals surface area (Å²) in [4.78, 5) is 40.5. The number of likely N-dealkylation sites (N-methyl/N-ethyl adjacent to an activating group) is 1. The highest BCUT2D eigenvalue weighted by Crippen LogP contribution is 2.53. The quantitative estimate of drug-likeness (QED) is 0.145. The van der Waals surface area contributed by atoms with Crippen LogP contribution in [0.25, 0.3) is 17.1 Å². The van der Waals surface area contributed by atoms with Crippen molar-refractivity contribution in [2.75, 3.05) is 14.1 Å². The number of phenols is 1. The number of phenolic OH excluding ortho intramolecular Hbond substituents is 1. The van der Waals surface area contributed by atoms with E-state index in [-0.39, 0.29) is 35.5 Å². The maximum Gasteiger partial charge on any atom is 0.255 e. The molecule has 1 fully saturated rings. The van der Waals surface area contributed by atoms with Crippen molar-refractivity contribution in [3.8, 4) is 17.1 Å². The van der Waals surface area contributed by atoms with Gasteiger partial charge < -0.3 is 35.8 Å². The van der Waals surface area contributed by atoms with E-state index in [1.807, 2.05) is 0 Å². The molecule has 12 heteroatoms. The largest absolute Gasteiger partial charge is 0.508 e. The molecule has 1 amide bonds. The van der Waals surface area contributed by atoms with Gasteiger partial charge >= 0.3 is 0 Å². The number of ketones is 2. The number of rotatable bonds is 4. The number of nitrogens with zero attached hydrogens (tertiary/aromatic N) is 2. The van der Waals surface area contributed by atoms with Gasteiger partial charge in [0.05, 0.1) is 11.6 Å². The number of aliphatic hydroxyl groups excluding tert-OH is 2. The van der Waals surface area contributed by atoms with Crippen LogP contribution in [0.2, 0.25) is 0 Å². The molecule has 1 aromatic heterocycles. The zero-order valence-corrected chi connectivity index (χ0v) is 20.4. The average molecular weight is 523 g/mol. The van der Waals surface area contributed by atoms with Crippen LogP contribution < -0.4 is 5.73 Å². The van der Waals surface area contributed by atoms with Crippen molar-refractivity contribution in [1.29, 1.82) is 0 Å². The van der Waals surface area contributed by atoms with Gasteiger partial charge in [0.25, 0.3) is 5.91 Å². The molecule has 4 unspecified atom stereocenters. The Labute approximate surface area is 215 Å². The van der Waals surface area contributed by atoms with Gasteiger partial charge in [-0.15, -0.1) is 0 Å². The first-order valence-corrected chi connectivity index (χ1v) is 11.7.